The van der Waals surface area contributed by atoms with Crippen LogP contribution >= 0.6 is 23.2 Å². The molecule has 17 heteroatoms. The lowest BCUT2D eigenvalue weighted by Crippen LogP contribution is -2.43. The third-order valence-corrected chi connectivity index (χ3v) is 9.55. The zero-order chi connectivity index (χ0) is 33.5. The van der Waals surface area contributed by atoms with E-state index in [4.69, 9.17) is 27.4 Å². The number of aliphatic hydroxyl groups is 1. The number of aromatic nitrogens is 6. The summed E-state index contributed by atoms with van der Waals surface area (Å²) in [4.78, 5) is 29.8. The molecule has 0 aliphatic rings. The highest BCUT2D eigenvalue weighted by molar-refractivity contribution is 7.93. The molecule has 45 heavy (non-hydrogen) atoms. The van der Waals surface area contributed by atoms with Crippen LogP contribution in [0.3, 0.4) is 0 Å². The number of hydrogen-bond donors (Lipinski definition) is 2. The van der Waals surface area contributed by atoms with Gasteiger partial charge in [-0.1, -0.05) is 35.3 Å². The van der Waals surface area contributed by atoms with Crippen LogP contribution in [0.1, 0.15) is 39.3 Å². The number of benzene rings is 2. The van der Waals surface area contributed by atoms with Crippen molar-refractivity contribution in [2.24, 2.45) is 0 Å². The van der Waals surface area contributed by atoms with E-state index in [-0.39, 0.29) is 22.4 Å². The van der Waals surface area contributed by atoms with Crippen LogP contribution in [-0.4, -0.2) is 68.6 Å². The molecular weight excluding hydrogens is 660 g/mol. The molecule has 0 aliphatic carbocycles. The van der Waals surface area contributed by atoms with Gasteiger partial charge in [0.1, 0.15) is 24.0 Å². The largest absolute Gasteiger partial charge is 0.479 e. The molecule has 0 bridgehead atoms. The van der Waals surface area contributed by atoms with Gasteiger partial charge < -0.3 is 10.2 Å². The predicted octanol–water partition coefficient (Wildman–Crippen LogP) is 4.85. The summed E-state index contributed by atoms with van der Waals surface area (Å²) in [5, 5.41) is 29.6. The number of aliphatic carboxylic acids is 1. The first-order valence-electron chi connectivity index (χ1n) is 13.3. The highest BCUT2D eigenvalue weighted by atomic mass is 35.5. The lowest BCUT2D eigenvalue weighted by atomic mass is 10.1. The molecule has 4 aromatic rings. The number of halogens is 5. The SMILES string of the molecule is C[S+](O[C@@H](Cn1c(-c2ccc(Cl)cc2)nn(Cc2nc(C(C)(O)C(=O)O)n(-c3ccccc3Cl)n2)c1=O)C(F)(F)F)C(C)(C)C. The predicted molar refractivity (Wildman–Crippen MR) is 164 cm³/mol. The molecule has 242 valence electrons. The summed E-state index contributed by atoms with van der Waals surface area (Å²) in [7, 11) is 0. The number of carboxylic acids is 1. The normalized spacial score (nSPS) is 15.1. The molecule has 3 atom stereocenters. The fourth-order valence-corrected chi connectivity index (χ4v) is 5.10. The fourth-order valence-electron chi connectivity index (χ4n) is 3.95. The summed E-state index contributed by atoms with van der Waals surface area (Å²) in [6, 6.07) is 12.3. The topological polar surface area (TPSA) is 137 Å². The van der Waals surface area contributed by atoms with E-state index >= 15 is 0 Å². The number of carboxylic acid groups (broad SMARTS) is 1. The Balaban J connectivity index is 1.84. The molecule has 0 spiro atoms. The molecule has 0 saturated carbocycles. The highest BCUT2D eigenvalue weighted by Crippen LogP contribution is 2.31. The van der Waals surface area contributed by atoms with Crippen molar-refractivity contribution in [2.75, 3.05) is 6.26 Å². The molecule has 0 amide bonds. The lowest BCUT2D eigenvalue weighted by molar-refractivity contribution is -0.196. The van der Waals surface area contributed by atoms with Gasteiger partial charge in [0.05, 0.1) is 17.3 Å². The Morgan fingerprint density at radius 2 is 1.67 bits per heavy atom. The minimum absolute atomic E-state index is 0.107. The van der Waals surface area contributed by atoms with Crippen molar-refractivity contribution in [3.05, 3.63) is 80.7 Å². The zero-order valence-electron chi connectivity index (χ0n) is 24.7. The van der Waals surface area contributed by atoms with Gasteiger partial charge in [-0.2, -0.15) is 17.4 Å². The lowest BCUT2D eigenvalue weighted by Gasteiger charge is -2.23. The first-order chi connectivity index (χ1) is 20.8. The van der Waals surface area contributed by atoms with E-state index in [1.54, 1.807) is 39.2 Å². The third kappa shape index (κ3) is 7.55. The number of rotatable bonds is 10. The summed E-state index contributed by atoms with van der Waals surface area (Å²) in [5.41, 5.74) is -2.99. The van der Waals surface area contributed by atoms with Crippen LogP contribution in [0.4, 0.5) is 13.2 Å². The molecule has 0 fully saturated rings. The van der Waals surface area contributed by atoms with Crippen LogP contribution in [0.25, 0.3) is 17.1 Å². The van der Waals surface area contributed by atoms with Gasteiger partial charge in [0.15, 0.2) is 22.2 Å². The number of nitrogens with zero attached hydrogens (tertiary/aromatic N) is 6. The molecule has 2 heterocycles. The van der Waals surface area contributed by atoms with Gasteiger partial charge in [-0.25, -0.2) is 23.9 Å². The van der Waals surface area contributed by atoms with Gasteiger partial charge in [-0.15, -0.1) is 10.2 Å². The Bertz CT molecular complexity index is 1750. The van der Waals surface area contributed by atoms with Crippen molar-refractivity contribution in [1.29, 1.82) is 0 Å². The third-order valence-electron chi connectivity index (χ3n) is 6.74. The summed E-state index contributed by atoms with van der Waals surface area (Å²) in [5.74, 6) is -2.34. The molecule has 2 unspecified atom stereocenters. The number of carbonyl (C=O) groups is 1. The van der Waals surface area contributed by atoms with E-state index in [9.17, 15) is 33.0 Å². The summed E-state index contributed by atoms with van der Waals surface area (Å²) >= 11 is 11.2. The molecule has 0 saturated heterocycles. The van der Waals surface area contributed by atoms with E-state index in [0.717, 1.165) is 20.9 Å². The Labute approximate surface area is 268 Å². The van der Waals surface area contributed by atoms with E-state index in [0.29, 0.717) is 10.6 Å². The van der Waals surface area contributed by atoms with Crippen molar-refractivity contribution in [1.82, 2.24) is 29.1 Å². The molecular formula is C28H30Cl2F3N6O5S+. The van der Waals surface area contributed by atoms with Gasteiger partial charge >= 0.3 is 17.8 Å². The van der Waals surface area contributed by atoms with Crippen molar-refractivity contribution in [3.63, 3.8) is 0 Å². The van der Waals surface area contributed by atoms with Crippen LogP contribution < -0.4 is 5.69 Å². The van der Waals surface area contributed by atoms with Crippen LogP contribution in [-0.2, 0) is 38.8 Å². The molecule has 11 nitrogen and oxygen atoms in total. The smallest absolute Gasteiger partial charge is 0.421 e. The van der Waals surface area contributed by atoms with E-state index in [1.807, 2.05) is 0 Å². The number of hydrogen-bond acceptors (Lipinski definition) is 7. The zero-order valence-corrected chi connectivity index (χ0v) is 27.0. The Morgan fingerprint density at radius 1 is 1.04 bits per heavy atom. The van der Waals surface area contributed by atoms with E-state index < -0.39 is 64.4 Å². The van der Waals surface area contributed by atoms with Crippen LogP contribution in [0.15, 0.2) is 53.3 Å². The Morgan fingerprint density at radius 3 is 2.22 bits per heavy atom. The standard InChI is InChI=1S/C28H29Cl2F3N6O5S/c1-26(2,3)45(5)44-20(28(31,32)33)14-37-22(16-10-12-17(29)13-11-16)36-38(25(37)42)15-21-34-23(27(4,43)24(40)41)39(35-21)19-9-7-6-8-18(19)30/h6-13,20,43H,14-15H2,1-5H3/p+1/t20-,27?,45?/m0/s1. The number of para-hydroxylation sites is 1. The van der Waals surface area contributed by atoms with Crippen molar-refractivity contribution >= 4 is 40.3 Å². The van der Waals surface area contributed by atoms with Crippen LogP contribution in [0.5, 0.6) is 0 Å². The average Bonchev–Trinajstić information content (AvgIpc) is 3.49. The van der Waals surface area contributed by atoms with Gasteiger partial charge in [0.25, 0.3) is 0 Å². The number of alkyl halides is 3. The van der Waals surface area contributed by atoms with Crippen molar-refractivity contribution < 1.29 is 32.4 Å². The second kappa shape index (κ2) is 12.8. The molecule has 0 radical (unpaired) electrons. The summed E-state index contributed by atoms with van der Waals surface area (Å²) < 4.78 is 50.4. The minimum Gasteiger partial charge on any atom is -0.479 e. The minimum atomic E-state index is -4.82. The monoisotopic (exact) mass is 689 g/mol. The first kappa shape index (κ1) is 34.5. The van der Waals surface area contributed by atoms with Gasteiger partial charge in [-0.05, 0) is 64.1 Å². The molecule has 4 rings (SSSR count). The maximum atomic E-state index is 14.3. The van der Waals surface area contributed by atoms with E-state index in [1.165, 1.54) is 36.4 Å². The van der Waals surface area contributed by atoms with Crippen molar-refractivity contribution in [3.8, 4) is 17.1 Å². The maximum Gasteiger partial charge on any atom is 0.421 e. The average molecular weight is 691 g/mol. The Hall–Kier alpha value is -3.37. The van der Waals surface area contributed by atoms with Crippen molar-refractivity contribution in [2.45, 2.75) is 63.4 Å². The van der Waals surface area contributed by atoms with Gasteiger partial charge in [0.2, 0.25) is 11.7 Å². The van der Waals surface area contributed by atoms with Gasteiger partial charge in [-0.3, -0.25) is 4.57 Å². The Kier molecular flexibility index (Phi) is 9.81. The molecule has 0 aliphatic heterocycles. The molecule has 2 aromatic heterocycles. The maximum absolute atomic E-state index is 14.3. The van der Waals surface area contributed by atoms with Crippen LogP contribution in [0.2, 0.25) is 10.0 Å². The van der Waals surface area contributed by atoms with Gasteiger partial charge in [0, 0.05) is 10.6 Å². The first-order valence-corrected chi connectivity index (χ1v) is 15.6. The second-order valence-corrected chi connectivity index (χ2v) is 14.3. The van der Waals surface area contributed by atoms with E-state index in [2.05, 4.69) is 15.2 Å². The van der Waals surface area contributed by atoms with Crippen LogP contribution in [0, 0.1) is 0 Å². The highest BCUT2D eigenvalue weighted by Gasteiger charge is 2.49. The molecule has 2 aromatic carbocycles. The quantitative estimate of drug-likeness (QED) is 0.226. The second-order valence-electron chi connectivity index (χ2n) is 11.2. The molecule has 2 N–H and O–H groups in total. The summed E-state index contributed by atoms with van der Waals surface area (Å²) in [6.07, 6.45) is -5.62. The summed E-state index contributed by atoms with van der Waals surface area (Å²) in [6.45, 7) is 4.83. The fraction of sp³-hybridized carbons (Fsp3) is 0.393.